The highest BCUT2D eigenvalue weighted by molar-refractivity contribution is 5.91. The first-order valence-corrected chi connectivity index (χ1v) is 9.77. The topological polar surface area (TPSA) is 69.3 Å². The maximum Gasteiger partial charge on any atom is 0.158 e. The van der Waals surface area contributed by atoms with Gasteiger partial charge in [-0.25, -0.2) is 14.5 Å². The molecule has 0 aliphatic carbocycles. The van der Waals surface area contributed by atoms with Crippen molar-refractivity contribution in [3.8, 4) is 5.75 Å². The number of hydrogen-bond acceptors (Lipinski definition) is 5. The lowest BCUT2D eigenvalue weighted by Crippen LogP contribution is -2.18. The number of aromatic nitrogens is 5. The lowest BCUT2D eigenvalue weighted by molar-refractivity contribution is 0.414. The monoisotopic (exact) mass is 398 g/mol. The molecule has 0 saturated carbocycles. The Morgan fingerprint density at radius 1 is 1.07 bits per heavy atom. The van der Waals surface area contributed by atoms with Gasteiger partial charge in [0.25, 0.3) is 0 Å². The standard InChI is InChI=1S/C23H22N6O/c1-15-14-20-25-22(18-6-4-5-7-19(18)29(20)27-15)26-21(23-24-12-13-28(23)2)16-8-10-17(30-3)11-9-16/h4-14,21H,1-3H3,(H,25,26)/t21-/m1/s1. The highest BCUT2D eigenvalue weighted by atomic mass is 16.5. The molecule has 0 fully saturated rings. The van der Waals surface area contributed by atoms with Gasteiger partial charge in [0.2, 0.25) is 0 Å². The number of ether oxygens (including phenoxy) is 1. The number of rotatable bonds is 5. The molecule has 150 valence electrons. The Morgan fingerprint density at radius 2 is 1.87 bits per heavy atom. The SMILES string of the molecule is COc1ccc([C@@H](Nc2nc3cc(C)nn3c3ccccc23)c2nccn2C)cc1. The Balaban J connectivity index is 1.67. The Labute approximate surface area is 174 Å². The highest BCUT2D eigenvalue weighted by Gasteiger charge is 2.21. The Bertz CT molecular complexity index is 1340. The van der Waals surface area contributed by atoms with Crippen molar-refractivity contribution in [2.75, 3.05) is 12.4 Å². The van der Waals surface area contributed by atoms with Gasteiger partial charge in [-0.3, -0.25) is 0 Å². The number of fused-ring (bicyclic) bond motifs is 3. The zero-order valence-electron chi connectivity index (χ0n) is 17.1. The van der Waals surface area contributed by atoms with Gasteiger partial charge in [0.1, 0.15) is 23.4 Å². The van der Waals surface area contributed by atoms with Crippen LogP contribution in [0.5, 0.6) is 5.75 Å². The zero-order chi connectivity index (χ0) is 20.7. The summed E-state index contributed by atoms with van der Waals surface area (Å²) in [5.74, 6) is 2.51. The maximum atomic E-state index is 5.33. The molecule has 0 amide bonds. The Hall–Kier alpha value is -3.87. The van der Waals surface area contributed by atoms with Crippen molar-refractivity contribution in [2.45, 2.75) is 13.0 Å². The van der Waals surface area contributed by atoms with Crippen LogP contribution in [0.25, 0.3) is 16.6 Å². The van der Waals surface area contributed by atoms with Gasteiger partial charge in [-0.2, -0.15) is 5.10 Å². The summed E-state index contributed by atoms with van der Waals surface area (Å²) in [6, 6.07) is 18.0. The van der Waals surface area contributed by atoms with Crippen LogP contribution >= 0.6 is 0 Å². The Morgan fingerprint density at radius 3 is 2.60 bits per heavy atom. The summed E-state index contributed by atoms with van der Waals surface area (Å²) in [5.41, 5.74) is 3.81. The van der Waals surface area contributed by atoms with E-state index >= 15 is 0 Å². The molecule has 1 atom stereocenters. The maximum absolute atomic E-state index is 5.33. The van der Waals surface area contributed by atoms with E-state index in [4.69, 9.17) is 9.72 Å². The summed E-state index contributed by atoms with van der Waals surface area (Å²) in [7, 11) is 3.66. The molecule has 5 aromatic rings. The van der Waals surface area contributed by atoms with E-state index in [1.54, 1.807) is 7.11 Å². The van der Waals surface area contributed by atoms with Crippen LogP contribution in [0.4, 0.5) is 5.82 Å². The number of imidazole rings is 1. The molecule has 0 unspecified atom stereocenters. The fraction of sp³-hybridized carbons (Fsp3) is 0.174. The van der Waals surface area contributed by atoms with Gasteiger partial charge >= 0.3 is 0 Å². The van der Waals surface area contributed by atoms with E-state index in [9.17, 15) is 0 Å². The van der Waals surface area contributed by atoms with Crippen molar-refractivity contribution < 1.29 is 4.74 Å². The molecule has 5 rings (SSSR count). The van der Waals surface area contributed by atoms with Gasteiger partial charge in [0, 0.05) is 30.9 Å². The van der Waals surface area contributed by atoms with Gasteiger partial charge in [0.05, 0.1) is 18.3 Å². The van der Waals surface area contributed by atoms with Gasteiger partial charge < -0.3 is 14.6 Å². The van der Waals surface area contributed by atoms with Crippen molar-refractivity contribution in [2.24, 2.45) is 7.05 Å². The number of hydrogen-bond donors (Lipinski definition) is 1. The second-order valence-corrected chi connectivity index (χ2v) is 7.28. The minimum Gasteiger partial charge on any atom is -0.497 e. The first-order valence-electron chi connectivity index (χ1n) is 9.77. The van der Waals surface area contributed by atoms with Crippen LogP contribution in [0, 0.1) is 6.92 Å². The number of anilines is 1. The van der Waals surface area contributed by atoms with Crippen molar-refractivity contribution in [3.05, 3.63) is 84.1 Å². The summed E-state index contributed by atoms with van der Waals surface area (Å²) < 4.78 is 9.23. The van der Waals surface area contributed by atoms with Crippen molar-refractivity contribution in [3.63, 3.8) is 0 Å². The summed E-state index contributed by atoms with van der Waals surface area (Å²) in [4.78, 5) is 9.49. The van der Waals surface area contributed by atoms with Gasteiger partial charge in [0.15, 0.2) is 5.65 Å². The van der Waals surface area contributed by atoms with Gasteiger partial charge in [-0.1, -0.05) is 24.3 Å². The second kappa shape index (κ2) is 7.18. The molecule has 30 heavy (non-hydrogen) atoms. The fourth-order valence-electron chi connectivity index (χ4n) is 3.77. The zero-order valence-corrected chi connectivity index (χ0v) is 17.1. The summed E-state index contributed by atoms with van der Waals surface area (Å²) in [6.07, 6.45) is 3.76. The molecular formula is C23H22N6O. The molecule has 7 heteroatoms. The number of nitrogens with zero attached hydrogens (tertiary/aromatic N) is 5. The number of para-hydroxylation sites is 1. The minimum absolute atomic E-state index is 0.182. The van der Waals surface area contributed by atoms with Crippen molar-refractivity contribution in [1.29, 1.82) is 0 Å². The fourth-order valence-corrected chi connectivity index (χ4v) is 3.77. The van der Waals surface area contributed by atoms with Crippen LogP contribution in [-0.2, 0) is 7.05 Å². The second-order valence-electron chi connectivity index (χ2n) is 7.28. The van der Waals surface area contributed by atoms with Crippen LogP contribution in [0.15, 0.2) is 67.0 Å². The van der Waals surface area contributed by atoms with E-state index < -0.39 is 0 Å². The Kier molecular flexibility index (Phi) is 4.35. The van der Waals surface area contributed by atoms with E-state index in [-0.39, 0.29) is 6.04 Å². The van der Waals surface area contributed by atoms with Crippen molar-refractivity contribution in [1.82, 2.24) is 24.1 Å². The van der Waals surface area contributed by atoms with Crippen LogP contribution in [0.2, 0.25) is 0 Å². The molecule has 0 bridgehead atoms. The van der Waals surface area contributed by atoms with Crippen LogP contribution in [-0.4, -0.2) is 31.3 Å². The average Bonchev–Trinajstić information content (AvgIpc) is 3.36. The van der Waals surface area contributed by atoms with E-state index in [1.807, 2.05) is 65.8 Å². The number of aryl methyl sites for hydroxylation is 2. The first-order chi connectivity index (χ1) is 14.6. The molecule has 0 spiro atoms. The molecule has 3 heterocycles. The normalized spacial score (nSPS) is 12.4. The van der Waals surface area contributed by atoms with E-state index in [0.29, 0.717) is 0 Å². The molecule has 0 aliphatic heterocycles. The molecule has 1 N–H and O–H groups in total. The molecule has 7 nitrogen and oxygen atoms in total. The van der Waals surface area contributed by atoms with E-state index in [1.165, 1.54) is 0 Å². The molecule has 0 aliphatic rings. The smallest absolute Gasteiger partial charge is 0.158 e. The lowest BCUT2D eigenvalue weighted by atomic mass is 10.1. The third kappa shape index (κ3) is 3.04. The van der Waals surface area contributed by atoms with E-state index in [0.717, 1.165) is 45.2 Å². The third-order valence-electron chi connectivity index (χ3n) is 5.27. The molecule has 3 aromatic heterocycles. The molecule has 0 radical (unpaired) electrons. The quantitative estimate of drug-likeness (QED) is 0.482. The molecule has 0 saturated heterocycles. The average molecular weight is 398 g/mol. The summed E-state index contributed by atoms with van der Waals surface area (Å²) >= 11 is 0. The lowest BCUT2D eigenvalue weighted by Gasteiger charge is -2.21. The van der Waals surface area contributed by atoms with Gasteiger partial charge in [-0.15, -0.1) is 0 Å². The van der Waals surface area contributed by atoms with Crippen molar-refractivity contribution >= 4 is 22.4 Å². The third-order valence-corrected chi connectivity index (χ3v) is 5.27. The number of nitrogens with one attached hydrogen (secondary N) is 1. The predicted octanol–water partition coefficient (Wildman–Crippen LogP) is 4.13. The number of benzene rings is 2. The summed E-state index contributed by atoms with van der Waals surface area (Å²) in [5, 5.41) is 9.24. The largest absolute Gasteiger partial charge is 0.497 e. The van der Waals surface area contributed by atoms with Crippen LogP contribution in [0.3, 0.4) is 0 Å². The van der Waals surface area contributed by atoms with Crippen LogP contribution < -0.4 is 10.1 Å². The number of methoxy groups -OCH3 is 1. The molecular weight excluding hydrogens is 376 g/mol. The highest BCUT2D eigenvalue weighted by Crippen LogP contribution is 2.30. The molecule has 2 aromatic carbocycles. The predicted molar refractivity (Wildman–Crippen MR) is 117 cm³/mol. The minimum atomic E-state index is -0.182. The van der Waals surface area contributed by atoms with E-state index in [2.05, 4.69) is 39.7 Å². The first kappa shape index (κ1) is 18.2. The van der Waals surface area contributed by atoms with Gasteiger partial charge in [-0.05, 0) is 36.8 Å². The van der Waals surface area contributed by atoms with Crippen LogP contribution in [0.1, 0.15) is 23.1 Å². The summed E-state index contributed by atoms with van der Waals surface area (Å²) in [6.45, 7) is 1.98.